The summed E-state index contributed by atoms with van der Waals surface area (Å²) in [6, 6.07) is 0. The smallest absolute Gasteiger partial charge is 0.0319 e. The van der Waals surface area contributed by atoms with E-state index in [9.17, 15) is 0 Å². The third-order valence-electron chi connectivity index (χ3n) is 3.47. The van der Waals surface area contributed by atoms with Gasteiger partial charge in [-0.15, -0.1) is 0 Å². The van der Waals surface area contributed by atoms with E-state index in [1.54, 1.807) is 0 Å². The number of rotatable bonds is 3. The normalized spacial score (nSPS) is 19.8. The maximum atomic E-state index is 5.66. The average Bonchev–Trinajstić information content (AvgIpc) is 2.28. The van der Waals surface area contributed by atoms with Gasteiger partial charge in [-0.05, 0) is 30.0 Å². The summed E-state index contributed by atoms with van der Waals surface area (Å²) in [5.74, 6) is 5.66. The second-order valence-electron chi connectivity index (χ2n) is 5.67. The van der Waals surface area contributed by atoms with Crippen molar-refractivity contribution >= 4 is 0 Å². The summed E-state index contributed by atoms with van der Waals surface area (Å²) in [6.07, 6.45) is 3.25. The van der Waals surface area contributed by atoms with E-state index in [0.29, 0.717) is 0 Å². The Kier molecular flexibility index (Phi) is 4.78. The second kappa shape index (κ2) is 5.69. The SMILES string of the molecule is C/C=C(\C1=C(NN)CCN(CC)C1)C(C)(C)C. The minimum atomic E-state index is 0.170. The average molecular weight is 237 g/mol. The lowest BCUT2D eigenvalue weighted by Crippen LogP contribution is -2.38. The Bertz CT molecular complexity index is 321. The standard InChI is InChI=1S/C14H27N3/c1-6-12(14(3,4)5)11-10-17(7-2)9-8-13(11)16-15/h6,16H,7-10,15H2,1-5H3/b12-6+. The summed E-state index contributed by atoms with van der Waals surface area (Å²) < 4.78 is 0. The lowest BCUT2D eigenvalue weighted by Gasteiger charge is -2.35. The molecule has 0 aromatic carbocycles. The van der Waals surface area contributed by atoms with E-state index in [4.69, 9.17) is 5.84 Å². The molecule has 3 N–H and O–H groups in total. The third-order valence-corrected chi connectivity index (χ3v) is 3.47. The van der Waals surface area contributed by atoms with Crippen molar-refractivity contribution in [1.29, 1.82) is 0 Å². The Hall–Kier alpha value is -0.800. The molecule has 0 aromatic rings. The van der Waals surface area contributed by atoms with Crippen LogP contribution in [0.3, 0.4) is 0 Å². The minimum Gasteiger partial charge on any atom is -0.328 e. The lowest BCUT2D eigenvalue weighted by atomic mass is 9.79. The molecule has 0 amide bonds. The molecule has 0 saturated heterocycles. The highest BCUT2D eigenvalue weighted by atomic mass is 15.2. The van der Waals surface area contributed by atoms with E-state index in [1.165, 1.54) is 16.8 Å². The molecule has 1 aliphatic rings. The lowest BCUT2D eigenvalue weighted by molar-refractivity contribution is 0.293. The predicted molar refractivity (Wildman–Crippen MR) is 74.3 cm³/mol. The first-order chi connectivity index (χ1) is 7.93. The van der Waals surface area contributed by atoms with Crippen molar-refractivity contribution in [2.75, 3.05) is 19.6 Å². The van der Waals surface area contributed by atoms with Crippen LogP contribution in [0.15, 0.2) is 22.9 Å². The molecule has 98 valence electrons. The van der Waals surface area contributed by atoms with Gasteiger partial charge in [0, 0.05) is 25.2 Å². The van der Waals surface area contributed by atoms with Gasteiger partial charge in [0.05, 0.1) is 0 Å². The summed E-state index contributed by atoms with van der Waals surface area (Å²) in [6.45, 7) is 14.3. The van der Waals surface area contributed by atoms with Crippen LogP contribution in [-0.4, -0.2) is 24.5 Å². The highest BCUT2D eigenvalue weighted by Crippen LogP contribution is 2.34. The van der Waals surface area contributed by atoms with Crippen LogP contribution in [0.25, 0.3) is 0 Å². The van der Waals surface area contributed by atoms with E-state index >= 15 is 0 Å². The van der Waals surface area contributed by atoms with Crippen molar-refractivity contribution in [1.82, 2.24) is 10.3 Å². The molecule has 0 unspecified atom stereocenters. The van der Waals surface area contributed by atoms with E-state index in [1.807, 2.05) is 0 Å². The predicted octanol–water partition coefficient (Wildman–Crippen LogP) is 2.42. The van der Waals surface area contributed by atoms with Crippen LogP contribution in [0.2, 0.25) is 0 Å². The van der Waals surface area contributed by atoms with E-state index in [-0.39, 0.29) is 5.41 Å². The quantitative estimate of drug-likeness (QED) is 0.585. The van der Waals surface area contributed by atoms with Gasteiger partial charge in [0.1, 0.15) is 0 Å². The number of likely N-dealkylation sites (N-methyl/N-ethyl adjacent to an activating group) is 1. The highest BCUT2D eigenvalue weighted by Gasteiger charge is 2.26. The van der Waals surface area contributed by atoms with Crippen molar-refractivity contribution in [3.05, 3.63) is 22.9 Å². The van der Waals surface area contributed by atoms with Crippen LogP contribution in [0.1, 0.15) is 41.0 Å². The maximum absolute atomic E-state index is 5.66. The molecule has 0 aliphatic carbocycles. The first kappa shape index (κ1) is 14.3. The number of hydrazine groups is 1. The maximum Gasteiger partial charge on any atom is 0.0319 e. The molecule has 0 aromatic heterocycles. The van der Waals surface area contributed by atoms with Gasteiger partial charge in [-0.1, -0.05) is 33.8 Å². The van der Waals surface area contributed by atoms with E-state index in [0.717, 1.165) is 26.1 Å². The van der Waals surface area contributed by atoms with E-state index in [2.05, 4.69) is 51.0 Å². The van der Waals surface area contributed by atoms with Gasteiger partial charge in [0.15, 0.2) is 0 Å². The number of nitrogens with zero attached hydrogens (tertiary/aromatic N) is 1. The summed E-state index contributed by atoms with van der Waals surface area (Å²) >= 11 is 0. The molecule has 17 heavy (non-hydrogen) atoms. The number of hydrogen-bond acceptors (Lipinski definition) is 3. The first-order valence-electron chi connectivity index (χ1n) is 6.52. The molecule has 0 atom stereocenters. The van der Waals surface area contributed by atoms with Crippen molar-refractivity contribution < 1.29 is 0 Å². The van der Waals surface area contributed by atoms with Gasteiger partial charge in [-0.3, -0.25) is 10.7 Å². The van der Waals surface area contributed by atoms with Crippen LogP contribution in [-0.2, 0) is 0 Å². The van der Waals surface area contributed by atoms with Gasteiger partial charge in [-0.2, -0.15) is 0 Å². The summed E-state index contributed by atoms with van der Waals surface area (Å²) in [7, 11) is 0. The Morgan fingerprint density at radius 2 is 2.12 bits per heavy atom. The molecule has 0 radical (unpaired) electrons. The molecule has 0 fully saturated rings. The fourth-order valence-corrected chi connectivity index (χ4v) is 2.56. The monoisotopic (exact) mass is 237 g/mol. The van der Waals surface area contributed by atoms with Crippen molar-refractivity contribution in [3.8, 4) is 0 Å². The molecular formula is C14H27N3. The number of nitrogens with two attached hydrogens (primary N) is 1. The molecule has 0 spiro atoms. The Labute approximate surface area is 106 Å². The second-order valence-corrected chi connectivity index (χ2v) is 5.67. The first-order valence-corrected chi connectivity index (χ1v) is 6.52. The number of nitrogens with one attached hydrogen (secondary N) is 1. The van der Waals surface area contributed by atoms with Gasteiger partial charge in [0.25, 0.3) is 0 Å². The highest BCUT2D eigenvalue weighted by molar-refractivity contribution is 5.40. The Morgan fingerprint density at radius 3 is 2.53 bits per heavy atom. The largest absolute Gasteiger partial charge is 0.328 e. The third kappa shape index (κ3) is 3.33. The van der Waals surface area contributed by atoms with Gasteiger partial charge in [0.2, 0.25) is 0 Å². The van der Waals surface area contributed by atoms with E-state index < -0.39 is 0 Å². The Balaban J connectivity index is 3.09. The molecule has 3 nitrogen and oxygen atoms in total. The topological polar surface area (TPSA) is 41.3 Å². The zero-order chi connectivity index (χ0) is 13.1. The summed E-state index contributed by atoms with van der Waals surface area (Å²) in [4.78, 5) is 2.46. The number of allylic oxidation sites excluding steroid dienone is 1. The number of hydrogen-bond donors (Lipinski definition) is 2. The summed E-state index contributed by atoms with van der Waals surface area (Å²) in [5, 5.41) is 0. The van der Waals surface area contributed by atoms with Gasteiger partial charge < -0.3 is 5.43 Å². The molecule has 0 saturated carbocycles. The zero-order valence-corrected chi connectivity index (χ0v) is 11.9. The van der Waals surface area contributed by atoms with Crippen LogP contribution in [0.4, 0.5) is 0 Å². The van der Waals surface area contributed by atoms with Crippen LogP contribution in [0, 0.1) is 5.41 Å². The fraction of sp³-hybridized carbons (Fsp3) is 0.714. The minimum absolute atomic E-state index is 0.170. The molecule has 3 heteroatoms. The zero-order valence-electron chi connectivity index (χ0n) is 11.9. The molecule has 1 aliphatic heterocycles. The molecule has 0 bridgehead atoms. The van der Waals surface area contributed by atoms with Gasteiger partial charge >= 0.3 is 0 Å². The van der Waals surface area contributed by atoms with Crippen LogP contribution >= 0.6 is 0 Å². The van der Waals surface area contributed by atoms with Crippen LogP contribution < -0.4 is 11.3 Å². The molecule has 1 rings (SSSR count). The Morgan fingerprint density at radius 1 is 1.47 bits per heavy atom. The van der Waals surface area contributed by atoms with Crippen molar-refractivity contribution in [2.24, 2.45) is 11.3 Å². The fourth-order valence-electron chi connectivity index (χ4n) is 2.56. The van der Waals surface area contributed by atoms with Crippen molar-refractivity contribution in [2.45, 2.75) is 41.0 Å². The van der Waals surface area contributed by atoms with Gasteiger partial charge in [-0.25, -0.2) is 0 Å². The molecule has 1 heterocycles. The van der Waals surface area contributed by atoms with Crippen molar-refractivity contribution in [3.63, 3.8) is 0 Å². The van der Waals surface area contributed by atoms with Crippen LogP contribution in [0.5, 0.6) is 0 Å². The summed E-state index contributed by atoms with van der Waals surface area (Å²) in [5.41, 5.74) is 7.06. The molecular weight excluding hydrogens is 210 g/mol.